The van der Waals surface area contributed by atoms with E-state index >= 15 is 0 Å². The van der Waals surface area contributed by atoms with Crippen LogP contribution in [0.25, 0.3) is 0 Å². The molecule has 1 unspecified atom stereocenters. The number of nitrogens with one attached hydrogen (secondary N) is 2. The lowest BCUT2D eigenvalue weighted by molar-refractivity contribution is -0.145. The van der Waals surface area contributed by atoms with Gasteiger partial charge in [0.15, 0.2) is 29.6 Å². The van der Waals surface area contributed by atoms with Crippen LogP contribution in [0.4, 0.5) is 0 Å². The zero-order chi connectivity index (χ0) is 26.8. The molecule has 1 atom stereocenters. The van der Waals surface area contributed by atoms with Gasteiger partial charge < -0.3 is 29.0 Å². The van der Waals surface area contributed by atoms with E-state index < -0.39 is 23.8 Å². The molecule has 198 valence electrons. The summed E-state index contributed by atoms with van der Waals surface area (Å²) < 4.78 is 26.5. The minimum atomic E-state index is -0.826. The SMILES string of the molecule is CCOC(=O)COc1ccc(/C=N/NC(=O)C(NC(=O)c2ccc3c(c2)OCO3)C(C)C)cc1OCC. The quantitative estimate of drug-likeness (QED) is 0.251. The largest absolute Gasteiger partial charge is 0.490 e. The summed E-state index contributed by atoms with van der Waals surface area (Å²) in [6.07, 6.45) is 1.44. The highest BCUT2D eigenvalue weighted by Gasteiger charge is 2.25. The smallest absolute Gasteiger partial charge is 0.344 e. The van der Waals surface area contributed by atoms with E-state index in [4.69, 9.17) is 23.7 Å². The van der Waals surface area contributed by atoms with Gasteiger partial charge in [-0.1, -0.05) is 13.8 Å². The number of rotatable bonds is 12. The van der Waals surface area contributed by atoms with Crippen molar-refractivity contribution in [3.8, 4) is 23.0 Å². The molecule has 3 rings (SSSR count). The van der Waals surface area contributed by atoms with Gasteiger partial charge in [0.1, 0.15) is 6.04 Å². The van der Waals surface area contributed by atoms with Gasteiger partial charge in [-0.2, -0.15) is 5.10 Å². The van der Waals surface area contributed by atoms with E-state index in [9.17, 15) is 14.4 Å². The molecule has 0 radical (unpaired) electrons. The zero-order valence-electron chi connectivity index (χ0n) is 21.2. The summed E-state index contributed by atoms with van der Waals surface area (Å²) in [5.41, 5.74) is 3.44. The molecule has 0 saturated heterocycles. The average Bonchev–Trinajstić information content (AvgIpc) is 3.35. The molecule has 1 aliphatic heterocycles. The number of fused-ring (bicyclic) bond motifs is 1. The summed E-state index contributed by atoms with van der Waals surface area (Å²) in [5, 5.41) is 6.76. The van der Waals surface area contributed by atoms with Crippen LogP contribution < -0.4 is 29.7 Å². The van der Waals surface area contributed by atoms with Crippen LogP contribution in [0.1, 0.15) is 43.6 Å². The summed E-state index contributed by atoms with van der Waals surface area (Å²) in [5.74, 6) is 0.259. The topological polar surface area (TPSA) is 134 Å². The second kappa shape index (κ2) is 13.1. The van der Waals surface area contributed by atoms with Crippen LogP contribution in [0.2, 0.25) is 0 Å². The van der Waals surface area contributed by atoms with Gasteiger partial charge in [0.2, 0.25) is 6.79 Å². The Balaban J connectivity index is 1.61. The first-order valence-electron chi connectivity index (χ1n) is 11.9. The number of amides is 2. The lowest BCUT2D eigenvalue weighted by atomic mass is 10.0. The second-order valence-electron chi connectivity index (χ2n) is 8.23. The van der Waals surface area contributed by atoms with E-state index in [1.807, 2.05) is 20.8 Å². The van der Waals surface area contributed by atoms with Gasteiger partial charge in [-0.3, -0.25) is 9.59 Å². The van der Waals surface area contributed by atoms with Crippen molar-refractivity contribution in [2.24, 2.45) is 11.0 Å². The number of hydrogen-bond acceptors (Lipinski definition) is 9. The number of ether oxygens (including phenoxy) is 5. The first-order chi connectivity index (χ1) is 17.8. The van der Waals surface area contributed by atoms with Crippen LogP contribution in [0.3, 0.4) is 0 Å². The molecule has 0 spiro atoms. The van der Waals surface area contributed by atoms with E-state index in [-0.39, 0.29) is 25.9 Å². The van der Waals surface area contributed by atoms with Crippen molar-refractivity contribution in [2.75, 3.05) is 26.6 Å². The third kappa shape index (κ3) is 7.60. The molecule has 2 N–H and O–H groups in total. The number of benzene rings is 2. The molecule has 2 amide bonds. The molecule has 1 aliphatic rings. The molecule has 0 aromatic heterocycles. The highest BCUT2D eigenvalue weighted by molar-refractivity contribution is 5.98. The van der Waals surface area contributed by atoms with Gasteiger partial charge >= 0.3 is 5.97 Å². The van der Waals surface area contributed by atoms with Crippen LogP contribution in [0, 0.1) is 5.92 Å². The summed E-state index contributed by atoms with van der Waals surface area (Å²) in [7, 11) is 0. The van der Waals surface area contributed by atoms with E-state index in [0.29, 0.717) is 40.7 Å². The highest BCUT2D eigenvalue weighted by Crippen LogP contribution is 2.32. The summed E-state index contributed by atoms with van der Waals surface area (Å²) in [6.45, 7) is 7.67. The van der Waals surface area contributed by atoms with E-state index in [0.717, 1.165) is 0 Å². The molecule has 11 nitrogen and oxygen atoms in total. The average molecular weight is 514 g/mol. The molecule has 1 heterocycles. The maximum absolute atomic E-state index is 12.8. The first-order valence-corrected chi connectivity index (χ1v) is 11.9. The Labute approximate surface area is 215 Å². The van der Waals surface area contributed by atoms with Crippen molar-refractivity contribution in [3.63, 3.8) is 0 Å². The van der Waals surface area contributed by atoms with Gasteiger partial charge in [0.25, 0.3) is 11.8 Å². The fourth-order valence-corrected chi connectivity index (χ4v) is 3.37. The molecule has 2 aromatic carbocycles. The number of carbonyl (C=O) groups is 3. The standard InChI is InChI=1S/C26H31N3O8/c1-5-33-21-11-17(7-9-19(21)35-14-23(30)34-6-2)13-27-29-26(32)24(16(3)4)28-25(31)18-8-10-20-22(12-18)37-15-36-20/h7-13,16,24H,5-6,14-15H2,1-4H3,(H,28,31)(H,29,32)/b27-13+. The number of carbonyl (C=O) groups excluding carboxylic acids is 3. The Morgan fingerprint density at radius 2 is 1.78 bits per heavy atom. The lowest BCUT2D eigenvalue weighted by Crippen LogP contribution is -2.48. The third-order valence-corrected chi connectivity index (χ3v) is 5.18. The lowest BCUT2D eigenvalue weighted by Gasteiger charge is -2.20. The van der Waals surface area contributed by atoms with Gasteiger partial charge in [0.05, 0.1) is 19.4 Å². The van der Waals surface area contributed by atoms with Crippen molar-refractivity contribution < 1.29 is 38.1 Å². The predicted octanol–water partition coefficient (Wildman–Crippen LogP) is 2.66. The highest BCUT2D eigenvalue weighted by atomic mass is 16.7. The Morgan fingerprint density at radius 1 is 1.00 bits per heavy atom. The molecule has 11 heteroatoms. The van der Waals surface area contributed by atoms with Crippen LogP contribution in [0.5, 0.6) is 23.0 Å². The fraction of sp³-hybridized carbons (Fsp3) is 0.385. The summed E-state index contributed by atoms with van der Waals surface area (Å²) in [6, 6.07) is 8.99. The number of hydrazone groups is 1. The van der Waals surface area contributed by atoms with Gasteiger partial charge in [-0.05, 0) is 61.7 Å². The molecular weight excluding hydrogens is 482 g/mol. The normalized spacial score (nSPS) is 12.8. The van der Waals surface area contributed by atoms with Gasteiger partial charge in [-0.25, -0.2) is 10.2 Å². The van der Waals surface area contributed by atoms with Crippen LogP contribution in [-0.4, -0.2) is 56.7 Å². The van der Waals surface area contributed by atoms with E-state index in [1.165, 1.54) is 6.21 Å². The molecule has 37 heavy (non-hydrogen) atoms. The zero-order valence-corrected chi connectivity index (χ0v) is 21.2. The third-order valence-electron chi connectivity index (χ3n) is 5.18. The van der Waals surface area contributed by atoms with Crippen molar-refractivity contribution in [1.29, 1.82) is 0 Å². The number of hydrogen-bond donors (Lipinski definition) is 2. The van der Waals surface area contributed by atoms with E-state index in [2.05, 4.69) is 15.8 Å². The van der Waals surface area contributed by atoms with Crippen molar-refractivity contribution >= 4 is 24.0 Å². The molecular formula is C26H31N3O8. The minimum absolute atomic E-state index is 0.102. The molecule has 0 saturated carbocycles. The molecule has 2 aromatic rings. The molecule has 0 bridgehead atoms. The van der Waals surface area contributed by atoms with Crippen LogP contribution in [-0.2, 0) is 14.3 Å². The Hall–Kier alpha value is -4.28. The Kier molecular flexibility index (Phi) is 9.70. The first kappa shape index (κ1) is 27.3. The maximum Gasteiger partial charge on any atom is 0.344 e. The van der Waals surface area contributed by atoms with Crippen LogP contribution in [0.15, 0.2) is 41.5 Å². The molecule has 0 aliphatic carbocycles. The van der Waals surface area contributed by atoms with Crippen molar-refractivity contribution in [1.82, 2.24) is 10.7 Å². The summed E-state index contributed by atoms with van der Waals surface area (Å²) in [4.78, 5) is 37.1. The van der Waals surface area contributed by atoms with Gasteiger partial charge in [-0.15, -0.1) is 0 Å². The molecule has 0 fully saturated rings. The maximum atomic E-state index is 12.8. The predicted molar refractivity (Wildman–Crippen MR) is 134 cm³/mol. The monoisotopic (exact) mass is 513 g/mol. The van der Waals surface area contributed by atoms with Crippen LogP contribution >= 0.6 is 0 Å². The second-order valence-corrected chi connectivity index (χ2v) is 8.23. The Bertz CT molecular complexity index is 1150. The van der Waals surface area contributed by atoms with Crippen molar-refractivity contribution in [3.05, 3.63) is 47.5 Å². The van der Waals surface area contributed by atoms with Crippen molar-refractivity contribution in [2.45, 2.75) is 33.7 Å². The summed E-state index contributed by atoms with van der Waals surface area (Å²) >= 11 is 0. The number of nitrogens with zero attached hydrogens (tertiary/aromatic N) is 1. The Morgan fingerprint density at radius 3 is 2.51 bits per heavy atom. The van der Waals surface area contributed by atoms with Gasteiger partial charge in [0, 0.05) is 5.56 Å². The fourth-order valence-electron chi connectivity index (χ4n) is 3.37. The minimum Gasteiger partial charge on any atom is -0.490 e. The van der Waals surface area contributed by atoms with E-state index in [1.54, 1.807) is 43.3 Å². The number of esters is 1.